The van der Waals surface area contributed by atoms with Gasteiger partial charge >= 0.3 is 0 Å². The average Bonchev–Trinajstić information content (AvgIpc) is 2.60. The molecule has 0 fully saturated rings. The van der Waals surface area contributed by atoms with Gasteiger partial charge in [-0.25, -0.2) is 0 Å². The van der Waals surface area contributed by atoms with Crippen molar-refractivity contribution in [3.63, 3.8) is 0 Å². The second-order valence-corrected chi connectivity index (χ2v) is 6.41. The number of aromatic nitrogens is 2. The van der Waals surface area contributed by atoms with E-state index >= 15 is 0 Å². The first-order valence-electron chi connectivity index (χ1n) is 5.44. The summed E-state index contributed by atoms with van der Waals surface area (Å²) in [6.07, 6.45) is 0. The number of hydrogen-bond donors (Lipinski definition) is 1. The molecule has 0 spiro atoms. The molecular weight excluding hydrogens is 256 g/mol. The molecule has 1 heterocycles. The highest BCUT2D eigenvalue weighted by atomic mass is 32.2. The van der Waals surface area contributed by atoms with Crippen molar-refractivity contribution in [1.29, 1.82) is 0 Å². The molecule has 0 saturated carbocycles. The molecule has 0 aromatic carbocycles. The molecule has 0 aliphatic heterocycles. The number of rotatable bonds is 5. The van der Waals surface area contributed by atoms with Gasteiger partial charge < -0.3 is 10.6 Å². The normalized spacial score (nSPS) is 11.2. The van der Waals surface area contributed by atoms with Crippen LogP contribution in [0.2, 0.25) is 0 Å². The van der Waals surface area contributed by atoms with Crippen LogP contribution in [0.3, 0.4) is 0 Å². The summed E-state index contributed by atoms with van der Waals surface area (Å²) in [5, 5.41) is 8.02. The van der Waals surface area contributed by atoms with Gasteiger partial charge in [0, 0.05) is 12.1 Å². The zero-order valence-electron chi connectivity index (χ0n) is 10.5. The zero-order chi connectivity index (χ0) is 13.0. The van der Waals surface area contributed by atoms with Gasteiger partial charge in [0.1, 0.15) is 0 Å². The van der Waals surface area contributed by atoms with Crippen LogP contribution in [0.1, 0.15) is 27.7 Å². The Balaban J connectivity index is 2.53. The topological polar surface area (TPSA) is 72.1 Å². The Labute approximate surface area is 110 Å². The molecule has 2 N–H and O–H groups in total. The fraction of sp³-hybridized carbons (Fsp3) is 0.700. The van der Waals surface area contributed by atoms with Crippen molar-refractivity contribution >= 4 is 34.1 Å². The second-order valence-electron chi connectivity index (χ2n) is 4.18. The Kier molecular flexibility index (Phi) is 5.20. The van der Waals surface area contributed by atoms with Crippen molar-refractivity contribution in [3.05, 3.63) is 0 Å². The van der Waals surface area contributed by atoms with Crippen molar-refractivity contribution in [2.45, 2.75) is 44.1 Å². The zero-order valence-corrected chi connectivity index (χ0v) is 12.1. The Morgan fingerprint density at radius 2 is 1.94 bits per heavy atom. The van der Waals surface area contributed by atoms with E-state index in [-0.39, 0.29) is 18.0 Å². The lowest BCUT2D eigenvalue weighted by Crippen LogP contribution is -2.43. The summed E-state index contributed by atoms with van der Waals surface area (Å²) in [7, 11) is 0. The molecule has 0 aliphatic rings. The van der Waals surface area contributed by atoms with Crippen LogP contribution in [0, 0.1) is 0 Å². The summed E-state index contributed by atoms with van der Waals surface area (Å²) >= 11 is 2.69. The Bertz CT molecular complexity index is 370. The maximum absolute atomic E-state index is 12.0. The number of anilines is 1. The number of thioether (sulfide) groups is 1. The molecule has 1 rings (SSSR count). The third kappa shape index (κ3) is 4.16. The SMILES string of the molecule is CC(C)N(C(=O)CSc1nnc(N)s1)C(C)C. The first-order valence-corrected chi connectivity index (χ1v) is 7.25. The van der Waals surface area contributed by atoms with Crippen LogP contribution in [0.5, 0.6) is 0 Å². The number of nitrogens with two attached hydrogens (primary N) is 1. The predicted octanol–water partition coefficient (Wildman–Crippen LogP) is 1.86. The summed E-state index contributed by atoms with van der Waals surface area (Å²) < 4.78 is 0.739. The number of amides is 1. The van der Waals surface area contributed by atoms with Crippen LogP contribution in [-0.2, 0) is 4.79 Å². The van der Waals surface area contributed by atoms with E-state index in [9.17, 15) is 4.79 Å². The predicted molar refractivity (Wildman–Crippen MR) is 72.2 cm³/mol. The quantitative estimate of drug-likeness (QED) is 0.830. The number of hydrogen-bond acceptors (Lipinski definition) is 6. The van der Waals surface area contributed by atoms with Crippen LogP contribution in [0.4, 0.5) is 5.13 Å². The average molecular weight is 274 g/mol. The Hall–Kier alpha value is -0.820. The molecule has 1 amide bonds. The minimum absolute atomic E-state index is 0.119. The maximum atomic E-state index is 12.0. The lowest BCUT2D eigenvalue weighted by Gasteiger charge is -2.30. The van der Waals surface area contributed by atoms with Gasteiger partial charge in [-0.2, -0.15) is 0 Å². The molecule has 96 valence electrons. The van der Waals surface area contributed by atoms with Gasteiger partial charge in [-0.15, -0.1) is 10.2 Å². The van der Waals surface area contributed by atoms with Crippen LogP contribution in [0.25, 0.3) is 0 Å². The lowest BCUT2D eigenvalue weighted by molar-refractivity contribution is -0.131. The van der Waals surface area contributed by atoms with Crippen molar-refractivity contribution < 1.29 is 4.79 Å². The van der Waals surface area contributed by atoms with Crippen LogP contribution >= 0.6 is 23.1 Å². The van der Waals surface area contributed by atoms with Gasteiger partial charge in [-0.3, -0.25) is 4.79 Å². The fourth-order valence-corrected chi connectivity index (χ4v) is 3.15. The maximum Gasteiger partial charge on any atom is 0.233 e. The molecule has 1 aromatic rings. The van der Waals surface area contributed by atoms with Gasteiger partial charge in [-0.1, -0.05) is 23.1 Å². The third-order valence-electron chi connectivity index (χ3n) is 2.14. The molecule has 0 bridgehead atoms. The largest absolute Gasteiger partial charge is 0.374 e. The summed E-state index contributed by atoms with van der Waals surface area (Å²) in [6, 6.07) is 0.421. The molecule has 1 aromatic heterocycles. The smallest absolute Gasteiger partial charge is 0.233 e. The Morgan fingerprint density at radius 1 is 1.35 bits per heavy atom. The molecule has 17 heavy (non-hydrogen) atoms. The first-order chi connectivity index (χ1) is 7.91. The van der Waals surface area contributed by atoms with Crippen LogP contribution in [0.15, 0.2) is 4.34 Å². The molecular formula is C10H18N4OS2. The third-order valence-corrected chi connectivity index (χ3v) is 4.01. The standard InChI is InChI=1S/C10H18N4OS2/c1-6(2)14(7(3)4)8(15)5-16-10-13-12-9(11)17-10/h6-7H,5H2,1-4H3,(H2,11,12). The van der Waals surface area contributed by atoms with Crippen molar-refractivity contribution in [3.8, 4) is 0 Å². The number of carbonyl (C=O) groups is 1. The fourth-order valence-electron chi connectivity index (χ4n) is 1.65. The van der Waals surface area contributed by atoms with Gasteiger partial charge in [-0.05, 0) is 27.7 Å². The second kappa shape index (κ2) is 6.20. The van der Waals surface area contributed by atoms with E-state index in [0.717, 1.165) is 4.34 Å². The van der Waals surface area contributed by atoms with E-state index in [1.807, 2.05) is 32.6 Å². The molecule has 0 radical (unpaired) electrons. The monoisotopic (exact) mass is 274 g/mol. The van der Waals surface area contributed by atoms with E-state index in [4.69, 9.17) is 5.73 Å². The lowest BCUT2D eigenvalue weighted by atomic mass is 10.2. The molecule has 0 aliphatic carbocycles. The summed E-state index contributed by atoms with van der Waals surface area (Å²) in [4.78, 5) is 13.9. The van der Waals surface area contributed by atoms with Gasteiger partial charge in [0.05, 0.1) is 5.75 Å². The van der Waals surface area contributed by atoms with Gasteiger partial charge in [0.2, 0.25) is 11.0 Å². The minimum atomic E-state index is 0.119. The highest BCUT2D eigenvalue weighted by Crippen LogP contribution is 2.24. The van der Waals surface area contributed by atoms with Crippen molar-refractivity contribution in [2.24, 2.45) is 0 Å². The number of nitrogen functional groups attached to an aromatic ring is 1. The van der Waals surface area contributed by atoms with Crippen molar-refractivity contribution in [1.82, 2.24) is 15.1 Å². The van der Waals surface area contributed by atoms with E-state index in [0.29, 0.717) is 10.9 Å². The van der Waals surface area contributed by atoms with Crippen LogP contribution in [-0.4, -0.2) is 38.8 Å². The minimum Gasteiger partial charge on any atom is -0.374 e. The van der Waals surface area contributed by atoms with E-state index in [1.165, 1.54) is 23.1 Å². The highest BCUT2D eigenvalue weighted by molar-refractivity contribution is 8.01. The molecule has 7 heteroatoms. The molecule has 0 atom stereocenters. The molecule has 0 unspecified atom stereocenters. The number of carbonyl (C=O) groups excluding carboxylic acids is 1. The van der Waals surface area contributed by atoms with Crippen LogP contribution < -0.4 is 5.73 Å². The summed E-state index contributed by atoms with van der Waals surface area (Å²) in [6.45, 7) is 8.08. The van der Waals surface area contributed by atoms with E-state index in [2.05, 4.69) is 10.2 Å². The first kappa shape index (κ1) is 14.2. The Morgan fingerprint density at radius 3 is 2.35 bits per heavy atom. The molecule has 5 nitrogen and oxygen atoms in total. The number of nitrogens with zero attached hydrogens (tertiary/aromatic N) is 3. The van der Waals surface area contributed by atoms with E-state index in [1.54, 1.807) is 0 Å². The molecule has 0 saturated heterocycles. The highest BCUT2D eigenvalue weighted by Gasteiger charge is 2.20. The summed E-state index contributed by atoms with van der Waals surface area (Å²) in [5.41, 5.74) is 5.48. The van der Waals surface area contributed by atoms with E-state index < -0.39 is 0 Å². The van der Waals surface area contributed by atoms with Gasteiger partial charge in [0.25, 0.3) is 0 Å². The van der Waals surface area contributed by atoms with Crippen molar-refractivity contribution in [2.75, 3.05) is 11.5 Å². The summed E-state index contributed by atoms with van der Waals surface area (Å²) in [5.74, 6) is 0.499. The van der Waals surface area contributed by atoms with Gasteiger partial charge in [0.15, 0.2) is 4.34 Å².